The van der Waals surface area contributed by atoms with Crippen LogP contribution < -0.4 is 5.32 Å². The lowest BCUT2D eigenvalue weighted by Crippen LogP contribution is -2.38. The molecule has 0 saturated carbocycles. The second-order valence-electron chi connectivity index (χ2n) is 4.37. The van der Waals surface area contributed by atoms with E-state index >= 15 is 0 Å². The summed E-state index contributed by atoms with van der Waals surface area (Å²) in [5.74, 6) is -1.09. The molecule has 0 saturated heterocycles. The van der Waals surface area contributed by atoms with E-state index in [0.29, 0.717) is 5.57 Å². The van der Waals surface area contributed by atoms with Gasteiger partial charge in [0.25, 0.3) is 0 Å². The molecule has 0 amide bonds. The van der Waals surface area contributed by atoms with Crippen LogP contribution in [0.15, 0.2) is 58.9 Å². The van der Waals surface area contributed by atoms with Crippen LogP contribution in [0.2, 0.25) is 0 Å². The van der Waals surface area contributed by atoms with E-state index in [1.54, 1.807) is 6.08 Å². The van der Waals surface area contributed by atoms with Crippen molar-refractivity contribution in [3.8, 4) is 0 Å². The predicted octanol–water partition coefficient (Wildman–Crippen LogP) is 1.25. The van der Waals surface area contributed by atoms with Crippen molar-refractivity contribution >= 4 is 11.8 Å². The van der Waals surface area contributed by atoms with Crippen molar-refractivity contribution in [3.05, 3.63) is 58.9 Å². The van der Waals surface area contributed by atoms with Gasteiger partial charge in [-0.15, -0.1) is 0 Å². The molecule has 0 radical (unpaired) electrons. The Morgan fingerprint density at radius 1 is 1.28 bits per heavy atom. The molecule has 2 aliphatic carbocycles. The zero-order valence-electron chi connectivity index (χ0n) is 9.51. The molecular weight excluding hydrogens is 230 g/mol. The molecule has 90 valence electrons. The van der Waals surface area contributed by atoms with E-state index in [2.05, 4.69) is 5.32 Å². The lowest BCUT2D eigenvalue weighted by molar-refractivity contribution is -0.133. The van der Waals surface area contributed by atoms with Gasteiger partial charge in [0.05, 0.1) is 6.04 Å². The maximum Gasteiger partial charge on any atom is 0.352 e. The third-order valence-electron chi connectivity index (χ3n) is 3.26. The highest BCUT2D eigenvalue weighted by molar-refractivity contribution is 5.99. The summed E-state index contributed by atoms with van der Waals surface area (Å²) in [7, 11) is 0. The summed E-state index contributed by atoms with van der Waals surface area (Å²) in [5, 5.41) is 12.2. The molecule has 0 aromatic carbocycles. The van der Waals surface area contributed by atoms with Crippen molar-refractivity contribution in [2.45, 2.75) is 12.5 Å². The summed E-state index contributed by atoms with van der Waals surface area (Å²) in [6.45, 7) is 0. The van der Waals surface area contributed by atoms with E-state index in [1.807, 2.05) is 24.3 Å². The van der Waals surface area contributed by atoms with Crippen LogP contribution in [0.1, 0.15) is 6.42 Å². The number of aliphatic carboxylic acids is 1. The van der Waals surface area contributed by atoms with Gasteiger partial charge in [-0.25, -0.2) is 4.79 Å². The van der Waals surface area contributed by atoms with Gasteiger partial charge in [0.1, 0.15) is 5.70 Å². The second kappa shape index (κ2) is 3.84. The fourth-order valence-electron chi connectivity index (χ4n) is 2.46. The van der Waals surface area contributed by atoms with Gasteiger partial charge < -0.3 is 10.4 Å². The Labute approximate surface area is 104 Å². The zero-order valence-corrected chi connectivity index (χ0v) is 9.51. The average Bonchev–Trinajstić information content (AvgIpc) is 2.37. The fraction of sp³-hybridized carbons (Fsp3) is 0.143. The highest BCUT2D eigenvalue weighted by Gasteiger charge is 2.31. The standard InChI is InChI=1S/C14H11NO3/c16-8-5-6-9-10-3-1-2-4-12(10)15-13(14(17)18)11(9)7-8/h1-6,12,15H,7H2,(H,17,18). The van der Waals surface area contributed by atoms with Gasteiger partial charge in [-0.1, -0.05) is 30.4 Å². The van der Waals surface area contributed by atoms with Crippen LogP contribution in [0, 0.1) is 0 Å². The van der Waals surface area contributed by atoms with Gasteiger partial charge in [0, 0.05) is 6.42 Å². The number of hydrogen-bond donors (Lipinski definition) is 2. The molecule has 3 aliphatic rings. The van der Waals surface area contributed by atoms with Gasteiger partial charge in [-0.05, 0) is 22.8 Å². The minimum atomic E-state index is -1.02. The van der Waals surface area contributed by atoms with Crippen molar-refractivity contribution in [2.75, 3.05) is 0 Å². The summed E-state index contributed by atoms with van der Waals surface area (Å²) < 4.78 is 0. The van der Waals surface area contributed by atoms with Crippen molar-refractivity contribution in [1.29, 1.82) is 0 Å². The number of ketones is 1. The van der Waals surface area contributed by atoms with Crippen molar-refractivity contribution in [3.63, 3.8) is 0 Å². The monoisotopic (exact) mass is 241 g/mol. The molecule has 4 heteroatoms. The Balaban J connectivity index is 2.22. The smallest absolute Gasteiger partial charge is 0.352 e. The van der Waals surface area contributed by atoms with Crippen LogP contribution in [0.3, 0.4) is 0 Å². The number of fused-ring (bicyclic) bond motifs is 2. The van der Waals surface area contributed by atoms with Crippen LogP contribution in [-0.4, -0.2) is 22.9 Å². The molecule has 0 aromatic rings. The molecule has 18 heavy (non-hydrogen) atoms. The molecule has 0 fully saturated rings. The van der Waals surface area contributed by atoms with E-state index in [1.165, 1.54) is 6.08 Å². The lowest BCUT2D eigenvalue weighted by atomic mass is 9.82. The number of carbonyl (C=O) groups excluding carboxylic acids is 1. The van der Waals surface area contributed by atoms with Crippen molar-refractivity contribution in [2.24, 2.45) is 0 Å². The number of allylic oxidation sites excluding steroid dienone is 6. The summed E-state index contributed by atoms with van der Waals surface area (Å²) in [6, 6.07) is -0.127. The maximum atomic E-state index is 11.4. The summed E-state index contributed by atoms with van der Waals surface area (Å²) in [5.41, 5.74) is 2.59. The van der Waals surface area contributed by atoms with Crippen molar-refractivity contribution in [1.82, 2.24) is 5.32 Å². The number of dihydropyridines is 1. The second-order valence-corrected chi connectivity index (χ2v) is 4.37. The molecule has 1 heterocycles. The lowest BCUT2D eigenvalue weighted by Gasteiger charge is -2.31. The number of nitrogens with one attached hydrogen (secondary N) is 1. The highest BCUT2D eigenvalue weighted by Crippen LogP contribution is 2.34. The Hall–Kier alpha value is -2.36. The van der Waals surface area contributed by atoms with Crippen LogP contribution in [0.5, 0.6) is 0 Å². The molecule has 4 nitrogen and oxygen atoms in total. The van der Waals surface area contributed by atoms with E-state index in [0.717, 1.165) is 11.1 Å². The normalized spacial score (nSPS) is 24.9. The first-order chi connectivity index (χ1) is 8.66. The number of carboxylic acids is 1. The SMILES string of the molecule is O=C1C=CC2=C3C=CC=CC3NC(C(=O)O)=C2C1. The van der Waals surface area contributed by atoms with E-state index in [4.69, 9.17) is 0 Å². The molecule has 1 atom stereocenters. The third-order valence-corrected chi connectivity index (χ3v) is 3.26. The molecule has 3 rings (SSSR count). The number of carbonyl (C=O) groups is 2. The highest BCUT2D eigenvalue weighted by atomic mass is 16.4. The Morgan fingerprint density at radius 2 is 2.11 bits per heavy atom. The number of carboxylic acid groups (broad SMARTS) is 1. The van der Waals surface area contributed by atoms with Gasteiger partial charge in [0.2, 0.25) is 0 Å². The largest absolute Gasteiger partial charge is 0.477 e. The minimum absolute atomic E-state index is 0.0660. The molecule has 1 aliphatic heterocycles. The van der Waals surface area contributed by atoms with Gasteiger partial charge in [-0.3, -0.25) is 4.79 Å². The van der Waals surface area contributed by atoms with Crippen LogP contribution in [-0.2, 0) is 9.59 Å². The first kappa shape index (κ1) is 10.8. The Morgan fingerprint density at radius 3 is 2.89 bits per heavy atom. The Kier molecular flexibility index (Phi) is 2.30. The number of hydrogen-bond acceptors (Lipinski definition) is 3. The van der Waals surface area contributed by atoms with Crippen LogP contribution in [0.25, 0.3) is 0 Å². The first-order valence-electron chi connectivity index (χ1n) is 5.70. The molecule has 2 N–H and O–H groups in total. The fourth-order valence-corrected chi connectivity index (χ4v) is 2.46. The van der Waals surface area contributed by atoms with E-state index in [9.17, 15) is 14.7 Å². The molecule has 1 unspecified atom stereocenters. The predicted molar refractivity (Wildman–Crippen MR) is 65.7 cm³/mol. The van der Waals surface area contributed by atoms with Gasteiger partial charge in [-0.2, -0.15) is 0 Å². The van der Waals surface area contributed by atoms with Gasteiger partial charge >= 0.3 is 5.97 Å². The van der Waals surface area contributed by atoms with Crippen LogP contribution >= 0.6 is 0 Å². The van der Waals surface area contributed by atoms with Gasteiger partial charge in [0.15, 0.2) is 5.78 Å². The summed E-state index contributed by atoms with van der Waals surface area (Å²) in [6.07, 6.45) is 11.0. The maximum absolute atomic E-state index is 11.4. The van der Waals surface area contributed by atoms with E-state index in [-0.39, 0.29) is 23.9 Å². The first-order valence-corrected chi connectivity index (χ1v) is 5.70. The van der Waals surface area contributed by atoms with Crippen LogP contribution in [0.4, 0.5) is 0 Å². The summed E-state index contributed by atoms with van der Waals surface area (Å²) >= 11 is 0. The summed E-state index contributed by atoms with van der Waals surface area (Å²) in [4.78, 5) is 22.7. The molecule has 0 spiro atoms. The Bertz CT molecular complexity index is 603. The van der Waals surface area contributed by atoms with E-state index < -0.39 is 5.97 Å². The average molecular weight is 241 g/mol. The third kappa shape index (κ3) is 1.54. The molecule has 0 bridgehead atoms. The zero-order chi connectivity index (χ0) is 12.7. The molecular formula is C14H11NO3. The van der Waals surface area contributed by atoms with Crippen molar-refractivity contribution < 1.29 is 14.7 Å². The minimum Gasteiger partial charge on any atom is -0.477 e. The number of rotatable bonds is 1. The molecule has 0 aromatic heterocycles. The topological polar surface area (TPSA) is 66.4 Å². The quantitative estimate of drug-likeness (QED) is 0.725.